The largest absolute Gasteiger partial charge is 0.481 e. The van der Waals surface area contributed by atoms with Gasteiger partial charge in [0, 0.05) is 17.8 Å². The van der Waals surface area contributed by atoms with Gasteiger partial charge in [0.25, 0.3) is 0 Å². The first-order valence-corrected chi connectivity index (χ1v) is 7.23. The second-order valence-electron chi connectivity index (χ2n) is 5.22. The molecule has 3 heterocycles. The number of pyridine rings is 2. The molecular formula is C17H13N3O3. The van der Waals surface area contributed by atoms with E-state index in [0.29, 0.717) is 5.36 Å². The molecule has 0 fully saturated rings. The van der Waals surface area contributed by atoms with E-state index in [1.807, 2.05) is 47.0 Å². The van der Waals surface area contributed by atoms with Crippen LogP contribution in [0.25, 0.3) is 27.3 Å². The second-order valence-corrected chi connectivity index (χ2v) is 5.22. The maximum Gasteiger partial charge on any atom is 0.306 e. The van der Waals surface area contributed by atoms with Gasteiger partial charge in [0.1, 0.15) is 12.1 Å². The molecule has 0 saturated carbocycles. The summed E-state index contributed by atoms with van der Waals surface area (Å²) in [4.78, 5) is 20.3. The van der Waals surface area contributed by atoms with Crippen molar-refractivity contribution in [2.45, 2.75) is 6.42 Å². The third-order valence-electron chi connectivity index (χ3n) is 3.81. The van der Waals surface area contributed by atoms with Crippen molar-refractivity contribution in [3.8, 4) is 0 Å². The highest BCUT2D eigenvalue weighted by Gasteiger charge is 2.11. The Labute approximate surface area is 130 Å². The van der Waals surface area contributed by atoms with E-state index >= 15 is 0 Å². The quantitative estimate of drug-likeness (QED) is 0.464. The summed E-state index contributed by atoms with van der Waals surface area (Å²) in [6.07, 6.45) is 3.62. The molecule has 0 aliphatic carbocycles. The molecule has 6 nitrogen and oxygen atoms in total. The van der Waals surface area contributed by atoms with Crippen LogP contribution >= 0.6 is 0 Å². The van der Waals surface area contributed by atoms with Crippen LogP contribution in [0.3, 0.4) is 0 Å². The molecule has 0 radical (unpaired) electrons. The summed E-state index contributed by atoms with van der Waals surface area (Å²) in [5.74, 6) is -0.914. The lowest BCUT2D eigenvalue weighted by Crippen LogP contribution is -2.12. The summed E-state index contributed by atoms with van der Waals surface area (Å²) in [6, 6.07) is 11.9. The van der Waals surface area contributed by atoms with Crippen molar-refractivity contribution in [3.63, 3.8) is 0 Å². The monoisotopic (exact) mass is 307 g/mol. The van der Waals surface area contributed by atoms with Crippen molar-refractivity contribution in [3.05, 3.63) is 54.1 Å². The lowest BCUT2D eigenvalue weighted by Gasteiger charge is -2.08. The number of hydrogen-bond donors (Lipinski definition) is 1. The fourth-order valence-electron chi connectivity index (χ4n) is 2.83. The number of aliphatic carboxylic acids is 1. The first-order chi connectivity index (χ1) is 11.3. The molecule has 23 heavy (non-hydrogen) atoms. The number of rotatable bonds is 4. The van der Waals surface area contributed by atoms with Crippen LogP contribution in [0.1, 0.15) is 6.42 Å². The standard InChI is InChI=1S/C17H13N3O3/c21-14(22)7-10-23-19-16-13-5-2-9-20(13)12-4-1-3-11-6-8-18-17(16)15(11)12/h1-6,8-9H,7,10H2,(H,21,22). The van der Waals surface area contributed by atoms with E-state index in [9.17, 15) is 4.79 Å². The molecule has 0 amide bonds. The summed E-state index contributed by atoms with van der Waals surface area (Å²) in [5, 5.41) is 15.5. The Kier molecular flexibility index (Phi) is 3.08. The van der Waals surface area contributed by atoms with Gasteiger partial charge in [-0.25, -0.2) is 0 Å². The summed E-state index contributed by atoms with van der Waals surface area (Å²) in [7, 11) is 0. The second kappa shape index (κ2) is 5.24. The molecule has 4 rings (SSSR count). The molecule has 1 N–H and O–H groups in total. The molecule has 0 spiro atoms. The number of benzene rings is 1. The lowest BCUT2D eigenvalue weighted by molar-refractivity contribution is -0.138. The van der Waals surface area contributed by atoms with E-state index < -0.39 is 5.97 Å². The van der Waals surface area contributed by atoms with Gasteiger partial charge < -0.3 is 14.3 Å². The SMILES string of the molecule is O=C(O)CCON=c1c2nccc3cccc(c32)n2cccc12. The third kappa shape index (κ3) is 2.15. The topological polar surface area (TPSA) is 76.2 Å². The fourth-order valence-corrected chi connectivity index (χ4v) is 2.83. The average molecular weight is 307 g/mol. The van der Waals surface area contributed by atoms with Crippen molar-refractivity contribution in [1.29, 1.82) is 0 Å². The fraction of sp³-hybridized carbons (Fsp3) is 0.118. The van der Waals surface area contributed by atoms with Gasteiger partial charge in [0.05, 0.1) is 17.5 Å². The highest BCUT2D eigenvalue weighted by atomic mass is 16.6. The van der Waals surface area contributed by atoms with Gasteiger partial charge in [-0.15, -0.1) is 0 Å². The normalized spacial score (nSPS) is 12.4. The molecular weight excluding hydrogens is 294 g/mol. The van der Waals surface area contributed by atoms with E-state index in [0.717, 1.165) is 27.3 Å². The number of carboxylic acid groups (broad SMARTS) is 1. The molecule has 0 atom stereocenters. The minimum Gasteiger partial charge on any atom is -0.481 e. The molecule has 1 aromatic carbocycles. The van der Waals surface area contributed by atoms with Gasteiger partial charge in [-0.3, -0.25) is 9.78 Å². The highest BCUT2D eigenvalue weighted by molar-refractivity contribution is 6.08. The predicted molar refractivity (Wildman–Crippen MR) is 85.2 cm³/mol. The molecule has 0 aliphatic heterocycles. The Morgan fingerprint density at radius 2 is 2.09 bits per heavy atom. The molecule has 6 heteroatoms. The molecule has 3 aromatic heterocycles. The number of carboxylic acids is 1. The maximum atomic E-state index is 10.6. The van der Waals surface area contributed by atoms with Gasteiger partial charge >= 0.3 is 5.97 Å². The highest BCUT2D eigenvalue weighted by Crippen LogP contribution is 2.24. The smallest absolute Gasteiger partial charge is 0.306 e. The van der Waals surface area contributed by atoms with Crippen molar-refractivity contribution in [1.82, 2.24) is 9.38 Å². The van der Waals surface area contributed by atoms with Gasteiger partial charge in [-0.05, 0) is 29.7 Å². The van der Waals surface area contributed by atoms with Crippen LogP contribution in [0.5, 0.6) is 0 Å². The zero-order valence-electron chi connectivity index (χ0n) is 12.1. The van der Waals surface area contributed by atoms with E-state index in [1.165, 1.54) is 0 Å². The van der Waals surface area contributed by atoms with E-state index in [4.69, 9.17) is 9.94 Å². The van der Waals surface area contributed by atoms with Gasteiger partial charge in [0.15, 0.2) is 5.36 Å². The van der Waals surface area contributed by atoms with E-state index in [2.05, 4.69) is 10.1 Å². The van der Waals surface area contributed by atoms with E-state index in [-0.39, 0.29) is 13.0 Å². The molecule has 0 unspecified atom stereocenters. The summed E-state index contributed by atoms with van der Waals surface area (Å²) < 4.78 is 2.04. The third-order valence-corrected chi connectivity index (χ3v) is 3.81. The lowest BCUT2D eigenvalue weighted by atomic mass is 10.1. The zero-order valence-corrected chi connectivity index (χ0v) is 12.1. The minimum absolute atomic E-state index is 0.0250. The first-order valence-electron chi connectivity index (χ1n) is 7.23. The average Bonchev–Trinajstić information content (AvgIpc) is 3.03. The van der Waals surface area contributed by atoms with Crippen molar-refractivity contribution in [2.24, 2.45) is 5.16 Å². The van der Waals surface area contributed by atoms with Gasteiger partial charge in [-0.1, -0.05) is 17.3 Å². The molecule has 0 saturated heterocycles. The minimum atomic E-state index is -0.914. The number of nitrogens with zero attached hydrogens (tertiary/aromatic N) is 3. The van der Waals surface area contributed by atoms with Crippen LogP contribution in [0, 0.1) is 0 Å². The summed E-state index contributed by atoms with van der Waals surface area (Å²) in [5.41, 5.74) is 2.67. The molecule has 4 aromatic rings. The predicted octanol–water partition coefficient (Wildman–Crippen LogP) is 2.39. The first kappa shape index (κ1) is 13.5. The van der Waals surface area contributed by atoms with Crippen LogP contribution in [-0.2, 0) is 9.63 Å². The molecule has 0 aliphatic rings. The number of aromatic nitrogens is 2. The Morgan fingerprint density at radius 1 is 1.22 bits per heavy atom. The van der Waals surface area contributed by atoms with Crippen LogP contribution in [0.4, 0.5) is 0 Å². The molecule has 114 valence electrons. The maximum absolute atomic E-state index is 10.6. The zero-order chi connectivity index (χ0) is 15.8. The Hall–Kier alpha value is -3.15. The van der Waals surface area contributed by atoms with Gasteiger partial charge in [0.2, 0.25) is 0 Å². The number of fused-ring (bicyclic) bond motifs is 2. The van der Waals surface area contributed by atoms with Crippen LogP contribution in [0.2, 0.25) is 0 Å². The van der Waals surface area contributed by atoms with Crippen molar-refractivity contribution >= 4 is 33.3 Å². The summed E-state index contributed by atoms with van der Waals surface area (Å²) >= 11 is 0. The van der Waals surface area contributed by atoms with Crippen LogP contribution in [-0.4, -0.2) is 27.1 Å². The van der Waals surface area contributed by atoms with Crippen LogP contribution in [0.15, 0.2) is 53.9 Å². The Bertz CT molecular complexity index is 1080. The number of carbonyl (C=O) groups is 1. The Morgan fingerprint density at radius 3 is 2.96 bits per heavy atom. The number of hydrogen-bond acceptors (Lipinski definition) is 4. The van der Waals surface area contributed by atoms with Gasteiger partial charge in [-0.2, -0.15) is 0 Å². The van der Waals surface area contributed by atoms with Crippen LogP contribution < -0.4 is 5.36 Å². The van der Waals surface area contributed by atoms with E-state index in [1.54, 1.807) is 6.20 Å². The van der Waals surface area contributed by atoms with Crippen molar-refractivity contribution < 1.29 is 14.7 Å². The Balaban J connectivity index is 2.01. The molecule has 0 bridgehead atoms. The summed E-state index contributed by atoms with van der Waals surface area (Å²) in [6.45, 7) is 0.0250. The van der Waals surface area contributed by atoms with Crippen molar-refractivity contribution in [2.75, 3.05) is 6.61 Å².